The quantitative estimate of drug-likeness (QED) is 0.323. The first-order valence-electron chi connectivity index (χ1n) is 13.6. The summed E-state index contributed by atoms with van der Waals surface area (Å²) >= 11 is 0. The first-order chi connectivity index (χ1) is 19.0. The molecular formula is C31H31N3O5. The molecule has 1 aliphatic carbocycles. The third kappa shape index (κ3) is 5.06. The van der Waals surface area contributed by atoms with Crippen molar-refractivity contribution in [3.05, 3.63) is 72.7 Å². The molecule has 0 unspecified atom stereocenters. The van der Waals surface area contributed by atoms with Crippen LogP contribution in [0.1, 0.15) is 55.5 Å². The van der Waals surface area contributed by atoms with Crippen molar-refractivity contribution in [2.24, 2.45) is 0 Å². The van der Waals surface area contributed by atoms with E-state index in [4.69, 9.17) is 8.83 Å². The summed E-state index contributed by atoms with van der Waals surface area (Å²) in [5.41, 5.74) is 1.88. The number of piperidine rings is 1. The molecule has 39 heavy (non-hydrogen) atoms. The van der Waals surface area contributed by atoms with Crippen LogP contribution in [0.15, 0.2) is 75.8 Å². The van der Waals surface area contributed by atoms with Crippen molar-refractivity contribution in [2.75, 3.05) is 23.3 Å². The standard InChI is InChI=1S/C31H31N3O5/c35-23-9-6-16-34(20-23)25-13-12-22(19-24(25)27-11-7-17-38-27)32-30(37)31(14-4-1-5-15-31)33-29(36)28-18-21-8-2-3-10-26(21)39-28/h2-3,7-8,10-13,17-19H,1,4-6,9,14-16,20H2,(H,32,37)(H,33,36). The Labute approximate surface area is 226 Å². The van der Waals surface area contributed by atoms with Crippen LogP contribution in [0.4, 0.5) is 11.4 Å². The summed E-state index contributed by atoms with van der Waals surface area (Å²) in [7, 11) is 0. The number of hydrogen-bond acceptors (Lipinski definition) is 6. The lowest BCUT2D eigenvalue weighted by molar-refractivity contribution is -0.123. The molecule has 3 heterocycles. The number of benzene rings is 2. The number of furan rings is 2. The molecule has 200 valence electrons. The van der Waals surface area contributed by atoms with E-state index in [0.29, 0.717) is 42.8 Å². The number of amides is 2. The fourth-order valence-corrected chi connectivity index (χ4v) is 5.75. The van der Waals surface area contributed by atoms with Crippen LogP contribution in [0.25, 0.3) is 22.3 Å². The summed E-state index contributed by atoms with van der Waals surface area (Å²) in [5.74, 6) is 0.408. The van der Waals surface area contributed by atoms with Crippen molar-refractivity contribution < 1.29 is 23.2 Å². The average molecular weight is 526 g/mol. The summed E-state index contributed by atoms with van der Waals surface area (Å²) in [5, 5.41) is 6.94. The Balaban J connectivity index is 1.27. The van der Waals surface area contributed by atoms with Crippen LogP contribution >= 0.6 is 0 Å². The second-order valence-corrected chi connectivity index (χ2v) is 10.5. The van der Waals surface area contributed by atoms with Crippen LogP contribution < -0.4 is 15.5 Å². The van der Waals surface area contributed by atoms with Crippen LogP contribution in [-0.2, 0) is 9.59 Å². The molecule has 2 fully saturated rings. The van der Waals surface area contributed by atoms with E-state index in [2.05, 4.69) is 15.5 Å². The minimum absolute atomic E-state index is 0.189. The number of nitrogens with one attached hydrogen (secondary N) is 2. The van der Waals surface area contributed by atoms with Gasteiger partial charge < -0.3 is 24.4 Å². The topological polar surface area (TPSA) is 105 Å². The average Bonchev–Trinajstić information content (AvgIpc) is 3.64. The van der Waals surface area contributed by atoms with Crippen molar-refractivity contribution in [2.45, 2.75) is 50.5 Å². The molecule has 2 N–H and O–H groups in total. The van der Waals surface area contributed by atoms with Crippen LogP contribution in [0.3, 0.4) is 0 Å². The van der Waals surface area contributed by atoms with Crippen LogP contribution in [-0.4, -0.2) is 36.2 Å². The number of ketones is 1. The zero-order valence-corrected chi connectivity index (χ0v) is 21.7. The number of Topliss-reactive ketones (excluding diaryl/α,β-unsaturated/α-hetero) is 1. The van der Waals surface area contributed by atoms with Crippen molar-refractivity contribution >= 4 is 39.9 Å². The number of carbonyl (C=O) groups is 3. The third-order valence-corrected chi connectivity index (χ3v) is 7.78. The number of nitrogens with zero attached hydrogens (tertiary/aromatic N) is 1. The fraction of sp³-hybridized carbons (Fsp3) is 0.323. The number of hydrogen-bond donors (Lipinski definition) is 2. The predicted octanol–water partition coefficient (Wildman–Crippen LogP) is 5.93. The molecule has 1 aliphatic heterocycles. The van der Waals surface area contributed by atoms with Crippen molar-refractivity contribution in [3.63, 3.8) is 0 Å². The number of para-hydroxylation sites is 1. The molecule has 2 aromatic carbocycles. The normalized spacial score (nSPS) is 17.2. The third-order valence-electron chi connectivity index (χ3n) is 7.78. The maximum Gasteiger partial charge on any atom is 0.287 e. The van der Waals surface area contributed by atoms with Gasteiger partial charge in [-0.2, -0.15) is 0 Å². The van der Waals surface area contributed by atoms with Crippen molar-refractivity contribution in [1.29, 1.82) is 0 Å². The molecule has 2 aliphatic rings. The second kappa shape index (κ2) is 10.4. The lowest BCUT2D eigenvalue weighted by Gasteiger charge is -2.36. The second-order valence-electron chi connectivity index (χ2n) is 10.5. The van der Waals surface area contributed by atoms with E-state index in [0.717, 1.165) is 48.9 Å². The van der Waals surface area contributed by atoms with E-state index in [9.17, 15) is 14.4 Å². The number of rotatable bonds is 6. The molecule has 8 heteroatoms. The van der Waals surface area contributed by atoms with E-state index in [1.807, 2.05) is 54.6 Å². The van der Waals surface area contributed by atoms with E-state index in [1.165, 1.54) is 0 Å². The zero-order valence-electron chi connectivity index (χ0n) is 21.7. The van der Waals surface area contributed by atoms with Gasteiger partial charge in [0, 0.05) is 35.3 Å². The Morgan fingerprint density at radius 3 is 2.54 bits per heavy atom. The van der Waals surface area contributed by atoms with E-state index in [-0.39, 0.29) is 17.5 Å². The lowest BCUT2D eigenvalue weighted by atomic mass is 9.80. The molecule has 1 saturated carbocycles. The largest absolute Gasteiger partial charge is 0.464 e. The highest BCUT2D eigenvalue weighted by Gasteiger charge is 2.41. The van der Waals surface area contributed by atoms with E-state index >= 15 is 0 Å². The van der Waals surface area contributed by atoms with Gasteiger partial charge in [0.05, 0.1) is 12.8 Å². The molecule has 6 rings (SSSR count). The van der Waals surface area contributed by atoms with Crippen LogP contribution in [0, 0.1) is 0 Å². The minimum Gasteiger partial charge on any atom is -0.464 e. The lowest BCUT2D eigenvalue weighted by Crippen LogP contribution is -2.57. The molecule has 2 amide bonds. The molecule has 0 spiro atoms. The summed E-state index contributed by atoms with van der Waals surface area (Å²) in [6.45, 7) is 1.14. The molecule has 2 aromatic heterocycles. The minimum atomic E-state index is -1.04. The first-order valence-corrected chi connectivity index (χ1v) is 13.6. The number of anilines is 2. The van der Waals surface area contributed by atoms with Gasteiger partial charge in [-0.3, -0.25) is 14.4 Å². The van der Waals surface area contributed by atoms with Gasteiger partial charge in [-0.1, -0.05) is 37.5 Å². The Morgan fingerprint density at radius 2 is 1.77 bits per heavy atom. The van der Waals surface area contributed by atoms with Crippen molar-refractivity contribution in [1.82, 2.24) is 5.32 Å². The predicted molar refractivity (Wildman–Crippen MR) is 149 cm³/mol. The van der Waals surface area contributed by atoms with Gasteiger partial charge in [-0.25, -0.2) is 0 Å². The SMILES string of the molecule is O=C1CCCN(c2ccc(NC(=O)C3(NC(=O)c4cc5ccccc5o4)CCCCC3)cc2-c2ccco2)C1. The summed E-state index contributed by atoms with van der Waals surface area (Å²) in [6.07, 6.45) is 6.80. The molecular weight excluding hydrogens is 494 g/mol. The summed E-state index contributed by atoms with van der Waals surface area (Å²) in [4.78, 5) is 41.3. The number of carbonyl (C=O) groups excluding carboxylic acids is 3. The van der Waals surface area contributed by atoms with Gasteiger partial charge in [-0.15, -0.1) is 0 Å². The van der Waals surface area contributed by atoms with Gasteiger partial charge in [0.2, 0.25) is 5.91 Å². The Bertz CT molecular complexity index is 1480. The highest BCUT2D eigenvalue weighted by molar-refractivity contribution is 6.04. The highest BCUT2D eigenvalue weighted by Crippen LogP contribution is 2.36. The van der Waals surface area contributed by atoms with Gasteiger partial charge in [0.15, 0.2) is 11.5 Å². The maximum atomic E-state index is 13.8. The Kier molecular flexibility index (Phi) is 6.69. The van der Waals surface area contributed by atoms with E-state index < -0.39 is 11.4 Å². The molecule has 0 bridgehead atoms. The van der Waals surface area contributed by atoms with Gasteiger partial charge in [0.25, 0.3) is 5.91 Å². The smallest absolute Gasteiger partial charge is 0.287 e. The molecule has 0 atom stereocenters. The van der Waals surface area contributed by atoms with E-state index in [1.54, 1.807) is 12.3 Å². The zero-order chi connectivity index (χ0) is 26.8. The van der Waals surface area contributed by atoms with Crippen molar-refractivity contribution in [3.8, 4) is 11.3 Å². The van der Waals surface area contributed by atoms with Gasteiger partial charge in [-0.05, 0) is 61.7 Å². The van der Waals surface area contributed by atoms with Gasteiger partial charge >= 0.3 is 0 Å². The summed E-state index contributed by atoms with van der Waals surface area (Å²) < 4.78 is 11.5. The monoisotopic (exact) mass is 525 g/mol. The van der Waals surface area contributed by atoms with Crippen LogP contribution in [0.5, 0.6) is 0 Å². The summed E-state index contributed by atoms with van der Waals surface area (Å²) in [6, 6.07) is 18.5. The van der Waals surface area contributed by atoms with Crippen LogP contribution in [0.2, 0.25) is 0 Å². The molecule has 0 radical (unpaired) electrons. The maximum absolute atomic E-state index is 13.8. The Morgan fingerprint density at radius 1 is 0.923 bits per heavy atom. The highest BCUT2D eigenvalue weighted by atomic mass is 16.3. The molecule has 1 saturated heterocycles. The molecule has 4 aromatic rings. The fourth-order valence-electron chi connectivity index (χ4n) is 5.75. The molecule has 8 nitrogen and oxygen atoms in total. The first kappa shape index (κ1) is 25.0. The van der Waals surface area contributed by atoms with Gasteiger partial charge in [0.1, 0.15) is 16.9 Å². The number of fused-ring (bicyclic) bond motifs is 1. The Hall–Kier alpha value is -4.33.